The summed E-state index contributed by atoms with van der Waals surface area (Å²) in [4.78, 5) is 21.1. The molecular weight excluding hydrogens is 554 g/mol. The number of carboxylic acid groups (broad SMARTS) is 1. The van der Waals surface area contributed by atoms with Crippen LogP contribution in [0.2, 0.25) is 0 Å². The van der Waals surface area contributed by atoms with Crippen LogP contribution in [0, 0.1) is 0 Å². The quantitative estimate of drug-likeness (QED) is 0.196. The summed E-state index contributed by atoms with van der Waals surface area (Å²) >= 11 is 0. The van der Waals surface area contributed by atoms with Gasteiger partial charge in [-0.25, -0.2) is 9.97 Å². The smallest absolute Gasteiger partial charge is 0.416 e. The van der Waals surface area contributed by atoms with E-state index >= 15 is 0 Å². The topological polar surface area (TPSA) is 87.6 Å². The van der Waals surface area contributed by atoms with E-state index in [1.165, 1.54) is 4.90 Å². The SMILES string of the molecule is CCc1cnc(N(CCCOc2ccc3c(c2)C(CC(=O)O)CN3)Cc2ccc(C(F)(F)F)cc2C(F)(F)F)nc1. The molecule has 0 fully saturated rings. The third-order valence-electron chi connectivity index (χ3n) is 6.75. The van der Waals surface area contributed by atoms with E-state index in [4.69, 9.17) is 9.84 Å². The van der Waals surface area contributed by atoms with Crippen LogP contribution in [0.3, 0.4) is 0 Å². The number of nitrogens with one attached hydrogen (secondary N) is 1. The lowest BCUT2D eigenvalue weighted by Gasteiger charge is -2.25. The highest BCUT2D eigenvalue weighted by Crippen LogP contribution is 2.38. The van der Waals surface area contributed by atoms with Crippen molar-refractivity contribution < 1.29 is 41.0 Å². The van der Waals surface area contributed by atoms with Crippen LogP contribution < -0.4 is 15.0 Å². The summed E-state index contributed by atoms with van der Waals surface area (Å²) in [6.45, 7) is 2.33. The van der Waals surface area contributed by atoms with Gasteiger partial charge in [-0.05, 0) is 59.9 Å². The first-order valence-electron chi connectivity index (χ1n) is 12.9. The van der Waals surface area contributed by atoms with Gasteiger partial charge in [0.25, 0.3) is 0 Å². The highest BCUT2D eigenvalue weighted by molar-refractivity contribution is 5.71. The van der Waals surface area contributed by atoms with Crippen LogP contribution in [0.1, 0.15) is 53.5 Å². The Kier molecular flexibility index (Phi) is 8.93. The highest BCUT2D eigenvalue weighted by atomic mass is 19.4. The monoisotopic (exact) mass is 582 g/mol. The molecule has 0 bridgehead atoms. The summed E-state index contributed by atoms with van der Waals surface area (Å²) < 4.78 is 86.6. The molecule has 2 N–H and O–H groups in total. The zero-order valence-corrected chi connectivity index (χ0v) is 22.0. The molecule has 1 atom stereocenters. The van der Waals surface area contributed by atoms with E-state index in [0.717, 1.165) is 22.9 Å². The second-order valence-electron chi connectivity index (χ2n) is 9.66. The minimum absolute atomic E-state index is 0.0287. The number of hydrogen-bond donors (Lipinski definition) is 2. The van der Waals surface area contributed by atoms with Crippen LogP contribution in [-0.4, -0.2) is 40.7 Å². The Morgan fingerprint density at radius 2 is 1.80 bits per heavy atom. The number of anilines is 2. The molecular formula is C28H28F6N4O3. The van der Waals surface area contributed by atoms with Crippen LogP contribution >= 0.6 is 0 Å². The number of ether oxygens (including phenoxy) is 1. The van der Waals surface area contributed by atoms with E-state index in [2.05, 4.69) is 15.3 Å². The van der Waals surface area contributed by atoms with E-state index in [0.29, 0.717) is 31.2 Å². The number of benzene rings is 2. The molecule has 3 aromatic rings. The van der Waals surface area contributed by atoms with Gasteiger partial charge < -0.3 is 20.1 Å². The van der Waals surface area contributed by atoms with Gasteiger partial charge in [0.15, 0.2) is 0 Å². The molecule has 1 aromatic heterocycles. The first-order chi connectivity index (χ1) is 19.3. The average Bonchev–Trinajstić information content (AvgIpc) is 3.30. The second-order valence-corrected chi connectivity index (χ2v) is 9.66. The van der Waals surface area contributed by atoms with E-state index in [9.17, 15) is 31.1 Å². The standard InChI is InChI=1S/C28H28F6N4O3/c1-2-17-13-36-26(37-14-17)38(16-18-4-5-20(27(29,30)31)11-23(18)28(32,33)34)8-3-9-41-21-6-7-24-22(12-21)19(15-35-24)10-25(39)40/h4-7,11-14,19,35H,2-3,8-10,15-16H2,1H3,(H,39,40). The average molecular weight is 583 g/mol. The molecule has 0 amide bonds. The molecule has 41 heavy (non-hydrogen) atoms. The van der Waals surface area contributed by atoms with Crippen LogP contribution in [0.5, 0.6) is 5.75 Å². The maximum Gasteiger partial charge on any atom is 0.416 e. The lowest BCUT2D eigenvalue weighted by atomic mass is 9.98. The Morgan fingerprint density at radius 1 is 1.07 bits per heavy atom. The summed E-state index contributed by atoms with van der Waals surface area (Å²) in [5, 5.41) is 12.3. The Labute approximate surface area is 232 Å². The Hall–Kier alpha value is -4.03. The van der Waals surface area contributed by atoms with Gasteiger partial charge in [-0.2, -0.15) is 26.3 Å². The van der Waals surface area contributed by atoms with Crippen molar-refractivity contribution in [2.24, 2.45) is 0 Å². The number of aryl methyl sites for hydroxylation is 1. The van der Waals surface area contributed by atoms with E-state index < -0.39 is 29.4 Å². The molecule has 1 aliphatic heterocycles. The van der Waals surface area contributed by atoms with Crippen molar-refractivity contribution in [2.75, 3.05) is 29.9 Å². The van der Waals surface area contributed by atoms with Gasteiger partial charge >= 0.3 is 18.3 Å². The van der Waals surface area contributed by atoms with E-state index in [1.54, 1.807) is 30.6 Å². The largest absolute Gasteiger partial charge is 0.494 e. The summed E-state index contributed by atoms with van der Waals surface area (Å²) in [5.41, 5.74) is -0.619. The molecule has 4 rings (SSSR count). The van der Waals surface area contributed by atoms with Crippen molar-refractivity contribution in [1.29, 1.82) is 0 Å². The molecule has 0 aliphatic carbocycles. The number of rotatable bonds is 11. The fourth-order valence-corrected chi connectivity index (χ4v) is 4.61. The number of halogens is 6. The predicted octanol–water partition coefficient (Wildman–Crippen LogP) is 6.54. The third kappa shape index (κ3) is 7.59. The number of aromatic nitrogens is 2. The lowest BCUT2D eigenvalue weighted by Crippen LogP contribution is -2.28. The maximum absolute atomic E-state index is 13.8. The summed E-state index contributed by atoms with van der Waals surface area (Å²) in [5.74, 6) is -0.460. The van der Waals surface area contributed by atoms with Gasteiger partial charge in [0.2, 0.25) is 5.95 Å². The second kappa shape index (κ2) is 12.2. The van der Waals surface area contributed by atoms with Crippen LogP contribution in [0.25, 0.3) is 0 Å². The number of carboxylic acids is 1. The van der Waals surface area contributed by atoms with Crippen molar-refractivity contribution in [2.45, 2.75) is 51.0 Å². The molecule has 0 saturated heterocycles. The van der Waals surface area contributed by atoms with E-state index in [1.807, 2.05) is 6.92 Å². The number of alkyl halides is 6. The van der Waals surface area contributed by atoms with Gasteiger partial charge in [-0.15, -0.1) is 0 Å². The summed E-state index contributed by atoms with van der Waals surface area (Å²) in [6, 6.07) is 6.89. The molecule has 220 valence electrons. The molecule has 0 radical (unpaired) electrons. The van der Waals surface area contributed by atoms with Gasteiger partial charge in [0, 0.05) is 43.6 Å². The van der Waals surface area contributed by atoms with E-state index in [-0.39, 0.29) is 49.6 Å². The number of aliphatic carboxylic acids is 1. The lowest BCUT2D eigenvalue weighted by molar-refractivity contribution is -0.143. The first kappa shape index (κ1) is 29.9. The molecule has 2 aromatic carbocycles. The predicted molar refractivity (Wildman–Crippen MR) is 139 cm³/mol. The fourth-order valence-electron chi connectivity index (χ4n) is 4.61. The highest BCUT2D eigenvalue weighted by Gasteiger charge is 2.38. The van der Waals surface area contributed by atoms with Gasteiger partial charge in [-0.3, -0.25) is 4.79 Å². The van der Waals surface area contributed by atoms with Gasteiger partial charge in [0.1, 0.15) is 5.75 Å². The molecule has 13 heteroatoms. The molecule has 0 spiro atoms. The van der Waals surface area contributed by atoms with Crippen molar-refractivity contribution in [3.05, 3.63) is 76.6 Å². The Morgan fingerprint density at radius 3 is 2.44 bits per heavy atom. The first-order valence-corrected chi connectivity index (χ1v) is 12.9. The molecule has 0 saturated carbocycles. The summed E-state index contributed by atoms with van der Waals surface area (Å²) in [6.07, 6.45) is -5.87. The van der Waals surface area contributed by atoms with Crippen molar-refractivity contribution in [1.82, 2.24) is 9.97 Å². The van der Waals surface area contributed by atoms with Crippen LogP contribution in [0.4, 0.5) is 38.0 Å². The normalized spacial score (nSPS) is 14.9. The maximum atomic E-state index is 13.8. The number of carbonyl (C=O) groups is 1. The summed E-state index contributed by atoms with van der Waals surface area (Å²) in [7, 11) is 0. The third-order valence-corrected chi connectivity index (χ3v) is 6.75. The molecule has 1 unspecified atom stereocenters. The zero-order chi connectivity index (χ0) is 29.8. The van der Waals surface area contributed by atoms with Crippen molar-refractivity contribution >= 4 is 17.6 Å². The molecule has 1 aliphatic rings. The van der Waals surface area contributed by atoms with Crippen LogP contribution in [-0.2, 0) is 30.1 Å². The Bertz CT molecular complexity index is 1360. The van der Waals surface area contributed by atoms with Gasteiger partial charge in [-0.1, -0.05) is 13.0 Å². The number of nitrogens with zero attached hydrogens (tertiary/aromatic N) is 3. The zero-order valence-electron chi connectivity index (χ0n) is 22.0. The number of fused-ring (bicyclic) bond motifs is 1. The van der Waals surface area contributed by atoms with Gasteiger partial charge in [0.05, 0.1) is 24.2 Å². The fraction of sp³-hybridized carbons (Fsp3) is 0.393. The van der Waals surface area contributed by atoms with Crippen molar-refractivity contribution in [3.63, 3.8) is 0 Å². The molecule has 2 heterocycles. The molecule has 7 nitrogen and oxygen atoms in total. The number of hydrogen-bond acceptors (Lipinski definition) is 6. The minimum Gasteiger partial charge on any atom is -0.494 e. The minimum atomic E-state index is -5.00. The van der Waals surface area contributed by atoms with Crippen LogP contribution in [0.15, 0.2) is 48.8 Å². The Balaban J connectivity index is 1.50. The van der Waals surface area contributed by atoms with Crippen molar-refractivity contribution in [3.8, 4) is 5.75 Å².